The highest BCUT2D eigenvalue weighted by Gasteiger charge is 2.08. The molecule has 0 radical (unpaired) electrons. The number of guanidine groups is 1. The van der Waals surface area contributed by atoms with Crippen LogP contribution < -0.4 is 15.0 Å². The number of likely N-dealkylation sites (N-methyl/N-ethyl adjacent to an activating group) is 1. The van der Waals surface area contributed by atoms with Gasteiger partial charge in [-0.1, -0.05) is 18.2 Å². The SMILES string of the molecule is CN=C(NCc1csc(N(C)C)n1)N(C)CCOc1ccccc1. The van der Waals surface area contributed by atoms with Gasteiger partial charge in [-0.25, -0.2) is 4.98 Å². The van der Waals surface area contributed by atoms with Gasteiger partial charge in [0.25, 0.3) is 0 Å². The van der Waals surface area contributed by atoms with Crippen LogP contribution in [0.2, 0.25) is 0 Å². The fourth-order valence-corrected chi connectivity index (χ4v) is 2.82. The molecule has 1 heterocycles. The molecule has 1 N–H and O–H groups in total. The Balaban J connectivity index is 1.77. The standard InChI is InChI=1S/C17H25N5OS/c1-18-16(19-12-14-13-24-17(20-14)21(2)3)22(4)10-11-23-15-8-6-5-7-9-15/h5-9,13H,10-12H2,1-4H3,(H,18,19). The van der Waals surface area contributed by atoms with Crippen LogP contribution in [0.25, 0.3) is 0 Å². The molecule has 0 bridgehead atoms. The highest BCUT2D eigenvalue weighted by atomic mass is 32.1. The smallest absolute Gasteiger partial charge is 0.193 e. The minimum Gasteiger partial charge on any atom is -0.492 e. The van der Waals surface area contributed by atoms with Gasteiger partial charge in [0.2, 0.25) is 0 Å². The first-order chi connectivity index (χ1) is 11.6. The zero-order valence-electron chi connectivity index (χ0n) is 14.7. The lowest BCUT2D eigenvalue weighted by atomic mass is 10.3. The van der Waals surface area contributed by atoms with Crippen molar-refractivity contribution in [3.05, 3.63) is 41.4 Å². The number of hydrogen-bond acceptors (Lipinski definition) is 5. The Kier molecular flexibility index (Phi) is 6.87. The minimum absolute atomic E-state index is 0.600. The van der Waals surface area contributed by atoms with Gasteiger partial charge in [0.15, 0.2) is 11.1 Å². The molecular weight excluding hydrogens is 322 g/mol. The van der Waals surface area contributed by atoms with E-state index < -0.39 is 0 Å². The number of para-hydroxylation sites is 1. The molecule has 1 aromatic carbocycles. The normalized spacial score (nSPS) is 11.2. The van der Waals surface area contributed by atoms with Crippen molar-refractivity contribution in [1.29, 1.82) is 0 Å². The molecule has 0 atom stereocenters. The average molecular weight is 347 g/mol. The van der Waals surface area contributed by atoms with E-state index in [1.807, 2.05) is 61.3 Å². The van der Waals surface area contributed by atoms with Gasteiger partial charge in [-0.05, 0) is 12.1 Å². The molecule has 0 aliphatic carbocycles. The Labute approximate surface area is 147 Å². The van der Waals surface area contributed by atoms with Gasteiger partial charge >= 0.3 is 0 Å². The average Bonchev–Trinajstić information content (AvgIpc) is 3.06. The van der Waals surface area contributed by atoms with E-state index in [1.54, 1.807) is 18.4 Å². The van der Waals surface area contributed by atoms with Crippen molar-refractivity contribution in [2.75, 3.05) is 46.2 Å². The molecule has 130 valence electrons. The van der Waals surface area contributed by atoms with Crippen LogP contribution >= 0.6 is 11.3 Å². The Bertz CT molecular complexity index is 641. The number of anilines is 1. The van der Waals surface area contributed by atoms with Gasteiger partial charge in [-0.15, -0.1) is 11.3 Å². The van der Waals surface area contributed by atoms with E-state index in [9.17, 15) is 0 Å². The lowest BCUT2D eigenvalue weighted by Crippen LogP contribution is -2.40. The summed E-state index contributed by atoms with van der Waals surface area (Å²) in [7, 11) is 7.77. The molecule has 0 aliphatic heterocycles. The van der Waals surface area contributed by atoms with E-state index in [1.165, 1.54) is 0 Å². The molecule has 0 fully saturated rings. The minimum atomic E-state index is 0.600. The predicted octanol–water partition coefficient (Wildman–Crippen LogP) is 2.30. The number of nitrogens with zero attached hydrogens (tertiary/aromatic N) is 4. The number of benzene rings is 1. The largest absolute Gasteiger partial charge is 0.492 e. The van der Waals surface area contributed by atoms with Gasteiger partial charge < -0.3 is 19.9 Å². The summed E-state index contributed by atoms with van der Waals surface area (Å²) >= 11 is 1.64. The van der Waals surface area contributed by atoms with Crippen LogP contribution in [0.5, 0.6) is 5.75 Å². The summed E-state index contributed by atoms with van der Waals surface area (Å²) in [4.78, 5) is 12.9. The molecule has 7 heteroatoms. The zero-order valence-corrected chi connectivity index (χ0v) is 15.5. The van der Waals surface area contributed by atoms with E-state index in [0.717, 1.165) is 29.1 Å². The molecule has 1 aromatic heterocycles. The van der Waals surface area contributed by atoms with E-state index >= 15 is 0 Å². The molecule has 24 heavy (non-hydrogen) atoms. The van der Waals surface area contributed by atoms with Crippen LogP contribution in [0, 0.1) is 0 Å². The maximum atomic E-state index is 5.72. The van der Waals surface area contributed by atoms with Crippen LogP contribution in [0.3, 0.4) is 0 Å². The van der Waals surface area contributed by atoms with Crippen LogP contribution in [-0.2, 0) is 6.54 Å². The Morgan fingerprint density at radius 3 is 2.62 bits per heavy atom. The first-order valence-corrected chi connectivity index (χ1v) is 8.69. The van der Waals surface area contributed by atoms with Crippen LogP contribution in [-0.4, -0.2) is 57.2 Å². The fraction of sp³-hybridized carbons (Fsp3) is 0.412. The highest BCUT2D eigenvalue weighted by Crippen LogP contribution is 2.17. The number of nitrogens with one attached hydrogen (secondary N) is 1. The number of aliphatic imine (C=N–C) groups is 1. The van der Waals surface area contributed by atoms with Crippen molar-refractivity contribution in [2.45, 2.75) is 6.54 Å². The number of ether oxygens (including phenoxy) is 1. The van der Waals surface area contributed by atoms with E-state index in [-0.39, 0.29) is 0 Å². The van der Waals surface area contributed by atoms with Gasteiger partial charge in [-0.2, -0.15) is 0 Å². The second kappa shape index (κ2) is 9.12. The Hall–Kier alpha value is -2.28. The number of thiazole rings is 1. The van der Waals surface area contributed by atoms with Crippen molar-refractivity contribution < 1.29 is 4.74 Å². The summed E-state index contributed by atoms with van der Waals surface area (Å²) in [6.07, 6.45) is 0. The van der Waals surface area contributed by atoms with Crippen molar-refractivity contribution in [1.82, 2.24) is 15.2 Å². The molecule has 0 amide bonds. The first kappa shape index (κ1) is 18.1. The second-order valence-corrected chi connectivity index (χ2v) is 6.34. The molecular formula is C17H25N5OS. The summed E-state index contributed by atoms with van der Waals surface area (Å²) in [6.45, 7) is 2.00. The van der Waals surface area contributed by atoms with E-state index in [2.05, 4.69) is 20.7 Å². The zero-order chi connectivity index (χ0) is 17.4. The van der Waals surface area contributed by atoms with Crippen LogP contribution in [0.4, 0.5) is 5.13 Å². The van der Waals surface area contributed by atoms with Gasteiger partial charge in [0.1, 0.15) is 12.4 Å². The highest BCUT2D eigenvalue weighted by molar-refractivity contribution is 7.13. The maximum absolute atomic E-state index is 5.72. The van der Waals surface area contributed by atoms with Crippen molar-refractivity contribution in [3.63, 3.8) is 0 Å². The summed E-state index contributed by atoms with van der Waals surface area (Å²) < 4.78 is 5.72. The summed E-state index contributed by atoms with van der Waals surface area (Å²) in [6, 6.07) is 9.82. The molecule has 0 saturated carbocycles. The van der Waals surface area contributed by atoms with Crippen molar-refractivity contribution in [2.24, 2.45) is 4.99 Å². The fourth-order valence-electron chi connectivity index (χ4n) is 2.06. The predicted molar refractivity (Wildman–Crippen MR) is 101 cm³/mol. The first-order valence-electron chi connectivity index (χ1n) is 7.81. The van der Waals surface area contributed by atoms with E-state index in [0.29, 0.717) is 13.2 Å². The monoisotopic (exact) mass is 347 g/mol. The molecule has 6 nitrogen and oxygen atoms in total. The Morgan fingerprint density at radius 2 is 2.00 bits per heavy atom. The summed E-state index contributed by atoms with van der Waals surface area (Å²) in [5, 5.41) is 6.40. The van der Waals surface area contributed by atoms with Crippen LogP contribution in [0.1, 0.15) is 5.69 Å². The number of rotatable bonds is 7. The van der Waals surface area contributed by atoms with Gasteiger partial charge in [0.05, 0.1) is 18.8 Å². The topological polar surface area (TPSA) is 53.0 Å². The number of hydrogen-bond donors (Lipinski definition) is 1. The second-order valence-electron chi connectivity index (χ2n) is 5.50. The lowest BCUT2D eigenvalue weighted by molar-refractivity contribution is 0.281. The lowest BCUT2D eigenvalue weighted by Gasteiger charge is -2.21. The van der Waals surface area contributed by atoms with Crippen molar-refractivity contribution in [3.8, 4) is 5.75 Å². The third kappa shape index (κ3) is 5.42. The van der Waals surface area contributed by atoms with Crippen molar-refractivity contribution >= 4 is 22.4 Å². The third-order valence-corrected chi connectivity index (χ3v) is 4.42. The summed E-state index contributed by atoms with van der Waals surface area (Å²) in [5.41, 5.74) is 1.01. The molecule has 0 saturated heterocycles. The van der Waals surface area contributed by atoms with Gasteiger partial charge in [-0.3, -0.25) is 4.99 Å². The van der Waals surface area contributed by atoms with Gasteiger partial charge in [0, 0.05) is 33.6 Å². The summed E-state index contributed by atoms with van der Waals surface area (Å²) in [5.74, 6) is 1.71. The number of aromatic nitrogens is 1. The Morgan fingerprint density at radius 1 is 1.25 bits per heavy atom. The maximum Gasteiger partial charge on any atom is 0.193 e. The third-order valence-electron chi connectivity index (χ3n) is 3.36. The molecule has 0 aliphatic rings. The molecule has 2 aromatic rings. The molecule has 2 rings (SSSR count). The van der Waals surface area contributed by atoms with E-state index in [4.69, 9.17) is 4.74 Å². The quantitative estimate of drug-likeness (QED) is 0.615. The molecule has 0 unspecified atom stereocenters. The van der Waals surface area contributed by atoms with Crippen LogP contribution in [0.15, 0.2) is 40.7 Å². The molecule has 0 spiro atoms.